The number of aliphatic hydroxyl groups excluding tert-OH is 1. The van der Waals surface area contributed by atoms with Crippen LogP contribution in [0.2, 0.25) is 0 Å². The minimum Gasteiger partial charge on any atom is -0.475 e. The van der Waals surface area contributed by atoms with Crippen molar-refractivity contribution in [1.82, 2.24) is 25.0 Å². The Morgan fingerprint density at radius 3 is 2.44 bits per heavy atom. The van der Waals surface area contributed by atoms with E-state index in [-0.39, 0.29) is 6.61 Å². The van der Waals surface area contributed by atoms with Crippen LogP contribution in [0.3, 0.4) is 0 Å². The van der Waals surface area contributed by atoms with Crippen molar-refractivity contribution in [2.24, 2.45) is 0 Å². The first-order chi connectivity index (χ1) is 18.7. The van der Waals surface area contributed by atoms with Crippen LogP contribution in [0.5, 0.6) is 0 Å². The van der Waals surface area contributed by atoms with E-state index in [0.717, 1.165) is 48.9 Å². The molecule has 39 heavy (non-hydrogen) atoms. The number of hydrogen-bond donors (Lipinski definition) is 3. The molecule has 3 N–H and O–H groups in total. The first kappa shape index (κ1) is 27.5. The molecule has 1 fully saturated rings. The summed E-state index contributed by atoms with van der Waals surface area (Å²) in [6, 6.07) is 17.9. The Balaban J connectivity index is 0.000000448. The zero-order valence-corrected chi connectivity index (χ0v) is 20.4. The Kier molecular flexibility index (Phi) is 8.68. The fourth-order valence-corrected chi connectivity index (χ4v) is 3.66. The summed E-state index contributed by atoms with van der Waals surface area (Å²) in [6.07, 6.45) is -1.79. The van der Waals surface area contributed by atoms with Gasteiger partial charge in [-0.05, 0) is 42.5 Å². The van der Waals surface area contributed by atoms with Crippen molar-refractivity contribution >= 4 is 23.3 Å². The first-order valence-corrected chi connectivity index (χ1v) is 11.7. The van der Waals surface area contributed by atoms with E-state index in [1.165, 1.54) is 5.69 Å². The van der Waals surface area contributed by atoms with Gasteiger partial charge in [-0.15, -0.1) is 5.10 Å². The number of carbonyl (C=O) groups is 1. The topological polar surface area (TPSA) is 139 Å². The number of aromatic nitrogens is 5. The van der Waals surface area contributed by atoms with Crippen LogP contribution in [0.1, 0.15) is 5.69 Å². The predicted octanol–water partition coefficient (Wildman–Crippen LogP) is 3.43. The monoisotopic (exact) mass is 543 g/mol. The van der Waals surface area contributed by atoms with Gasteiger partial charge >= 0.3 is 12.1 Å². The fourth-order valence-electron chi connectivity index (χ4n) is 3.66. The summed E-state index contributed by atoms with van der Waals surface area (Å²) < 4.78 is 38.8. The highest BCUT2D eigenvalue weighted by atomic mass is 19.4. The standard InChI is InChI=1S/C23H23N7O2.C2HF3O2/c31-16-21-15-25-28-30(21)19-6-4-18(5-7-19)26-23-24-9-8-22(27-23)17-2-1-3-20(14-17)29-10-12-32-13-11-29;3-2(4,5)1(6)7/h1-9,14-15,31H,10-13,16H2,(H,24,26,27);(H,6,7). The molecule has 0 radical (unpaired) electrons. The second-order valence-electron chi connectivity index (χ2n) is 8.19. The molecule has 2 aromatic carbocycles. The third-order valence-corrected chi connectivity index (χ3v) is 5.57. The number of halogens is 3. The first-order valence-electron chi connectivity index (χ1n) is 11.7. The number of carboxylic acids is 1. The highest BCUT2D eigenvalue weighted by molar-refractivity contribution is 5.73. The van der Waals surface area contributed by atoms with Crippen LogP contribution >= 0.6 is 0 Å². The molecule has 0 saturated carbocycles. The predicted molar refractivity (Wildman–Crippen MR) is 135 cm³/mol. The van der Waals surface area contributed by atoms with Crippen LogP contribution in [-0.2, 0) is 16.1 Å². The quantitative estimate of drug-likeness (QED) is 0.332. The van der Waals surface area contributed by atoms with E-state index >= 15 is 0 Å². The molecular formula is C25H24F3N7O4. The Hall–Kier alpha value is -4.56. The molecule has 5 rings (SSSR count). The Morgan fingerprint density at radius 2 is 1.77 bits per heavy atom. The molecule has 0 amide bonds. The van der Waals surface area contributed by atoms with Crippen molar-refractivity contribution in [1.29, 1.82) is 0 Å². The van der Waals surface area contributed by atoms with Gasteiger partial charge in [0, 0.05) is 36.2 Å². The highest BCUT2D eigenvalue weighted by Crippen LogP contribution is 2.25. The van der Waals surface area contributed by atoms with Gasteiger partial charge in [0.05, 0.1) is 43.1 Å². The Morgan fingerprint density at radius 1 is 1.05 bits per heavy atom. The number of carboxylic acid groups (broad SMARTS) is 1. The third kappa shape index (κ3) is 7.27. The van der Waals surface area contributed by atoms with Gasteiger partial charge in [-0.3, -0.25) is 0 Å². The molecule has 1 aliphatic rings. The molecular weight excluding hydrogens is 519 g/mol. The second kappa shape index (κ2) is 12.3. The lowest BCUT2D eigenvalue weighted by molar-refractivity contribution is -0.192. The van der Waals surface area contributed by atoms with E-state index in [2.05, 4.69) is 49.8 Å². The molecule has 0 bridgehead atoms. The lowest BCUT2D eigenvalue weighted by atomic mass is 10.1. The lowest BCUT2D eigenvalue weighted by Gasteiger charge is -2.29. The number of alkyl halides is 3. The van der Waals surface area contributed by atoms with Crippen molar-refractivity contribution in [3.8, 4) is 16.9 Å². The largest absolute Gasteiger partial charge is 0.490 e. The molecule has 204 valence electrons. The van der Waals surface area contributed by atoms with Crippen molar-refractivity contribution in [2.75, 3.05) is 36.5 Å². The minimum absolute atomic E-state index is 0.125. The van der Waals surface area contributed by atoms with Crippen LogP contribution in [-0.4, -0.2) is 73.6 Å². The number of hydrogen-bond acceptors (Lipinski definition) is 9. The summed E-state index contributed by atoms with van der Waals surface area (Å²) in [7, 11) is 0. The third-order valence-electron chi connectivity index (χ3n) is 5.57. The number of nitrogens with zero attached hydrogens (tertiary/aromatic N) is 6. The van der Waals surface area contributed by atoms with E-state index < -0.39 is 12.1 Å². The fraction of sp³-hybridized carbons (Fsp3) is 0.240. The van der Waals surface area contributed by atoms with Crippen LogP contribution in [0, 0.1) is 0 Å². The van der Waals surface area contributed by atoms with Crippen molar-refractivity contribution < 1.29 is 32.9 Å². The number of rotatable bonds is 6. The molecule has 1 saturated heterocycles. The number of morpholine rings is 1. The van der Waals surface area contributed by atoms with Gasteiger partial charge in [0.2, 0.25) is 5.95 Å². The molecule has 0 unspecified atom stereocenters. The van der Waals surface area contributed by atoms with Gasteiger partial charge in [-0.25, -0.2) is 19.4 Å². The van der Waals surface area contributed by atoms with E-state index in [0.29, 0.717) is 11.6 Å². The van der Waals surface area contributed by atoms with E-state index in [1.807, 2.05) is 30.3 Å². The minimum atomic E-state index is -5.08. The number of aliphatic hydroxyl groups is 1. The smallest absolute Gasteiger partial charge is 0.475 e. The van der Waals surface area contributed by atoms with E-state index in [1.54, 1.807) is 17.1 Å². The summed E-state index contributed by atoms with van der Waals surface area (Å²) in [5, 5.41) is 27.6. The van der Waals surface area contributed by atoms with Crippen LogP contribution in [0.4, 0.5) is 30.5 Å². The van der Waals surface area contributed by atoms with Crippen molar-refractivity contribution in [2.45, 2.75) is 12.8 Å². The van der Waals surface area contributed by atoms with Gasteiger partial charge in [0.25, 0.3) is 0 Å². The second-order valence-corrected chi connectivity index (χ2v) is 8.19. The van der Waals surface area contributed by atoms with Crippen molar-refractivity contribution in [3.05, 3.63) is 72.7 Å². The number of nitrogens with one attached hydrogen (secondary N) is 1. The summed E-state index contributed by atoms with van der Waals surface area (Å²) in [5.74, 6) is -2.24. The number of aliphatic carboxylic acids is 1. The van der Waals surface area contributed by atoms with E-state index in [9.17, 15) is 18.3 Å². The summed E-state index contributed by atoms with van der Waals surface area (Å²) in [5.41, 5.74) is 5.35. The maximum absolute atomic E-state index is 10.6. The van der Waals surface area contributed by atoms with Crippen LogP contribution < -0.4 is 10.2 Å². The number of anilines is 3. The normalized spacial score (nSPS) is 13.4. The summed E-state index contributed by atoms with van der Waals surface area (Å²) in [4.78, 5) is 20.3. The average molecular weight is 544 g/mol. The molecule has 14 heteroatoms. The zero-order chi connectivity index (χ0) is 27.8. The molecule has 3 heterocycles. The van der Waals surface area contributed by atoms with Crippen molar-refractivity contribution in [3.63, 3.8) is 0 Å². The van der Waals surface area contributed by atoms with E-state index in [4.69, 9.17) is 19.6 Å². The molecule has 1 aliphatic heterocycles. The molecule has 2 aromatic heterocycles. The SMILES string of the molecule is O=C(O)C(F)(F)F.OCc1cnnn1-c1ccc(Nc2nccc(-c3cccc(N4CCOCC4)c3)n2)cc1. The number of benzene rings is 2. The molecule has 0 atom stereocenters. The average Bonchev–Trinajstić information content (AvgIpc) is 3.43. The van der Waals surface area contributed by atoms with Gasteiger partial charge in [0.1, 0.15) is 0 Å². The summed E-state index contributed by atoms with van der Waals surface area (Å²) >= 11 is 0. The molecule has 0 aliphatic carbocycles. The summed E-state index contributed by atoms with van der Waals surface area (Å²) in [6.45, 7) is 3.17. The van der Waals surface area contributed by atoms with Gasteiger partial charge in [-0.2, -0.15) is 13.2 Å². The maximum Gasteiger partial charge on any atom is 0.490 e. The van der Waals surface area contributed by atoms with Gasteiger partial charge in [-0.1, -0.05) is 17.3 Å². The van der Waals surface area contributed by atoms with Gasteiger partial charge < -0.3 is 25.2 Å². The number of ether oxygens (including phenoxy) is 1. The zero-order valence-electron chi connectivity index (χ0n) is 20.4. The molecule has 4 aromatic rings. The lowest BCUT2D eigenvalue weighted by Crippen LogP contribution is -2.36. The Labute approximate surface area is 220 Å². The maximum atomic E-state index is 10.6. The van der Waals surface area contributed by atoms with Crippen LogP contribution in [0.25, 0.3) is 16.9 Å². The Bertz CT molecular complexity index is 1390. The highest BCUT2D eigenvalue weighted by Gasteiger charge is 2.38. The molecule has 0 spiro atoms. The molecule has 11 nitrogen and oxygen atoms in total. The van der Waals surface area contributed by atoms with Crippen LogP contribution in [0.15, 0.2) is 67.0 Å². The van der Waals surface area contributed by atoms with Gasteiger partial charge in [0.15, 0.2) is 0 Å².